The summed E-state index contributed by atoms with van der Waals surface area (Å²) in [5.74, 6) is -1.53. The van der Waals surface area contributed by atoms with Crippen molar-refractivity contribution in [2.75, 3.05) is 16.8 Å². The summed E-state index contributed by atoms with van der Waals surface area (Å²) in [6.45, 7) is 2.22. The molecule has 3 heterocycles. The van der Waals surface area contributed by atoms with E-state index in [0.717, 1.165) is 5.56 Å². The predicted octanol–water partition coefficient (Wildman–Crippen LogP) is 2.25. The zero-order chi connectivity index (χ0) is 21.6. The van der Waals surface area contributed by atoms with Gasteiger partial charge in [0.15, 0.2) is 0 Å². The number of hydrogen-bond acceptors (Lipinski definition) is 4. The molecule has 7 nitrogen and oxygen atoms in total. The van der Waals surface area contributed by atoms with Gasteiger partial charge in [-0.15, -0.1) is 0 Å². The molecule has 0 unspecified atom stereocenters. The first-order valence-electron chi connectivity index (χ1n) is 10.3. The molecule has 5 rings (SSSR count). The monoisotopic (exact) mass is 417 g/mol. The highest BCUT2D eigenvalue weighted by Crippen LogP contribution is 2.52. The van der Waals surface area contributed by atoms with Gasteiger partial charge in [-0.1, -0.05) is 42.5 Å². The van der Waals surface area contributed by atoms with Crippen LogP contribution in [0.4, 0.5) is 11.4 Å². The average molecular weight is 417 g/mol. The molecule has 1 spiro atoms. The third kappa shape index (κ3) is 3.31. The second-order valence-electron chi connectivity index (χ2n) is 8.26. The van der Waals surface area contributed by atoms with E-state index in [1.165, 1.54) is 6.92 Å². The molecule has 7 heteroatoms. The number of amides is 3. The van der Waals surface area contributed by atoms with E-state index in [0.29, 0.717) is 24.5 Å². The Kier molecular flexibility index (Phi) is 4.63. The second kappa shape index (κ2) is 7.35. The van der Waals surface area contributed by atoms with Gasteiger partial charge in [-0.2, -0.15) is 0 Å². The summed E-state index contributed by atoms with van der Waals surface area (Å²) in [5.41, 5.74) is 1.61. The van der Waals surface area contributed by atoms with Crippen molar-refractivity contribution in [1.29, 1.82) is 0 Å². The molecule has 0 radical (unpaired) electrons. The molecule has 2 fully saturated rings. The van der Waals surface area contributed by atoms with Crippen molar-refractivity contribution in [2.24, 2.45) is 11.8 Å². The van der Waals surface area contributed by atoms with E-state index in [9.17, 15) is 14.4 Å². The van der Waals surface area contributed by atoms with E-state index in [2.05, 4.69) is 10.6 Å². The van der Waals surface area contributed by atoms with E-state index in [-0.39, 0.29) is 23.8 Å². The lowest BCUT2D eigenvalue weighted by Gasteiger charge is -2.23. The molecular weight excluding hydrogens is 394 g/mol. The van der Waals surface area contributed by atoms with Gasteiger partial charge in [-0.3, -0.25) is 14.4 Å². The maximum atomic E-state index is 13.4. The van der Waals surface area contributed by atoms with Gasteiger partial charge in [0.2, 0.25) is 17.7 Å². The van der Waals surface area contributed by atoms with Crippen LogP contribution in [0.15, 0.2) is 66.7 Å². The molecule has 4 atom stereocenters. The van der Waals surface area contributed by atoms with Crippen molar-refractivity contribution in [1.82, 2.24) is 5.32 Å². The minimum absolute atomic E-state index is 0.112. The zero-order valence-corrected chi connectivity index (χ0v) is 17.1. The highest BCUT2D eigenvalue weighted by molar-refractivity contribution is 6.03. The number of benzene rings is 2. The summed E-state index contributed by atoms with van der Waals surface area (Å²) in [4.78, 5) is 39.3. The van der Waals surface area contributed by atoms with Gasteiger partial charge in [0.1, 0.15) is 5.60 Å². The fourth-order valence-electron chi connectivity index (χ4n) is 4.85. The number of nitrogens with one attached hydrogen (secondary N) is 2. The number of nitrogens with zero attached hydrogens (tertiary/aromatic N) is 1. The fraction of sp³-hybridized carbons (Fsp3) is 0.292. The van der Waals surface area contributed by atoms with Crippen molar-refractivity contribution in [3.8, 4) is 0 Å². The zero-order valence-electron chi connectivity index (χ0n) is 17.1. The fourth-order valence-corrected chi connectivity index (χ4v) is 4.85. The molecule has 31 heavy (non-hydrogen) atoms. The first kappa shape index (κ1) is 19.5. The van der Waals surface area contributed by atoms with Crippen LogP contribution >= 0.6 is 0 Å². The summed E-state index contributed by atoms with van der Waals surface area (Å²) in [6.07, 6.45) is 3.46. The van der Waals surface area contributed by atoms with Crippen LogP contribution in [0.5, 0.6) is 0 Å². The van der Waals surface area contributed by atoms with E-state index < -0.39 is 17.4 Å². The topological polar surface area (TPSA) is 87.7 Å². The van der Waals surface area contributed by atoms with Gasteiger partial charge in [0.05, 0.1) is 24.5 Å². The molecule has 0 aromatic heterocycles. The van der Waals surface area contributed by atoms with Crippen LogP contribution in [0.3, 0.4) is 0 Å². The van der Waals surface area contributed by atoms with E-state index in [4.69, 9.17) is 4.74 Å². The van der Waals surface area contributed by atoms with Crippen LogP contribution in [0.1, 0.15) is 12.5 Å². The van der Waals surface area contributed by atoms with Gasteiger partial charge in [0, 0.05) is 24.8 Å². The first-order chi connectivity index (χ1) is 15.0. The van der Waals surface area contributed by atoms with Crippen LogP contribution in [0.2, 0.25) is 0 Å². The molecule has 3 amide bonds. The lowest BCUT2D eigenvalue weighted by molar-refractivity contribution is -0.132. The number of fused-ring (bicyclic) bond motifs is 1. The van der Waals surface area contributed by atoms with E-state index >= 15 is 0 Å². The van der Waals surface area contributed by atoms with Gasteiger partial charge in [-0.25, -0.2) is 0 Å². The standard InChI is InChI=1S/C24H23N3O4/c1-15(28)26-17-7-9-18(10-8-17)27-14-24-12-11-19(31-24)20(21(24)23(27)30)22(29)25-13-16-5-3-2-4-6-16/h2-12,19-21H,13-14H2,1H3,(H,25,29)(H,26,28)/t19-,20+,21+,24-/m1/s1. The highest BCUT2D eigenvalue weighted by atomic mass is 16.5. The average Bonchev–Trinajstić information content (AvgIpc) is 3.41. The van der Waals surface area contributed by atoms with Crippen LogP contribution in [0, 0.1) is 11.8 Å². The van der Waals surface area contributed by atoms with Crippen molar-refractivity contribution in [3.05, 3.63) is 72.3 Å². The third-order valence-corrected chi connectivity index (χ3v) is 6.21. The Labute approximate surface area is 180 Å². The van der Waals surface area contributed by atoms with Gasteiger partial charge in [0.25, 0.3) is 0 Å². The summed E-state index contributed by atoms with van der Waals surface area (Å²) in [6, 6.07) is 16.8. The minimum atomic E-state index is -0.771. The Hall–Kier alpha value is -3.45. The normalized spacial score (nSPS) is 28.0. The number of ether oxygens (including phenoxy) is 1. The van der Waals surface area contributed by atoms with Crippen LogP contribution < -0.4 is 15.5 Å². The van der Waals surface area contributed by atoms with Gasteiger partial charge in [-0.05, 0) is 29.8 Å². The molecule has 2 aromatic carbocycles. The molecule has 0 saturated carbocycles. The molecule has 3 aliphatic heterocycles. The SMILES string of the molecule is CC(=O)Nc1ccc(N2C[C@@]34C=C[C@@H](O3)[C@H](C(=O)NCc3ccccc3)[C@H]4C2=O)cc1. The molecule has 2 bridgehead atoms. The quantitative estimate of drug-likeness (QED) is 0.731. The first-order valence-corrected chi connectivity index (χ1v) is 10.3. The number of hydrogen-bond donors (Lipinski definition) is 2. The van der Waals surface area contributed by atoms with Crippen molar-refractivity contribution >= 4 is 29.1 Å². The van der Waals surface area contributed by atoms with Crippen LogP contribution in [-0.2, 0) is 25.7 Å². The Bertz CT molecular complexity index is 1070. The minimum Gasteiger partial charge on any atom is -0.360 e. The van der Waals surface area contributed by atoms with Crippen LogP contribution in [-0.4, -0.2) is 36.0 Å². The van der Waals surface area contributed by atoms with Crippen LogP contribution in [0.25, 0.3) is 0 Å². The summed E-state index contributed by atoms with van der Waals surface area (Å²) in [5, 5.41) is 5.69. The number of rotatable bonds is 5. The molecule has 3 aliphatic rings. The molecule has 2 saturated heterocycles. The molecule has 158 valence electrons. The van der Waals surface area contributed by atoms with Crippen molar-refractivity contribution in [2.45, 2.75) is 25.2 Å². The second-order valence-corrected chi connectivity index (χ2v) is 8.26. The summed E-state index contributed by atoms with van der Waals surface area (Å²) in [7, 11) is 0. The van der Waals surface area contributed by atoms with Gasteiger partial charge >= 0.3 is 0 Å². The van der Waals surface area contributed by atoms with Gasteiger partial charge < -0.3 is 20.3 Å². The van der Waals surface area contributed by atoms with E-state index in [1.807, 2.05) is 42.5 Å². The Balaban J connectivity index is 1.34. The molecular formula is C24H23N3O4. The molecule has 0 aliphatic carbocycles. The third-order valence-electron chi connectivity index (χ3n) is 6.21. The molecule has 2 N–H and O–H groups in total. The smallest absolute Gasteiger partial charge is 0.234 e. The highest BCUT2D eigenvalue weighted by Gasteiger charge is 2.67. The molecule has 2 aromatic rings. The lowest BCUT2D eigenvalue weighted by atomic mass is 9.77. The number of carbonyl (C=O) groups excluding carboxylic acids is 3. The maximum Gasteiger partial charge on any atom is 0.234 e. The Morgan fingerprint density at radius 2 is 1.87 bits per heavy atom. The summed E-state index contributed by atoms with van der Waals surface area (Å²) >= 11 is 0. The predicted molar refractivity (Wildman–Crippen MR) is 115 cm³/mol. The van der Waals surface area contributed by atoms with Crippen molar-refractivity contribution in [3.63, 3.8) is 0 Å². The Morgan fingerprint density at radius 3 is 2.58 bits per heavy atom. The lowest BCUT2D eigenvalue weighted by Crippen LogP contribution is -2.43. The summed E-state index contributed by atoms with van der Waals surface area (Å²) < 4.78 is 6.18. The number of anilines is 2. The number of carbonyl (C=O) groups is 3. The maximum absolute atomic E-state index is 13.4. The Morgan fingerprint density at radius 1 is 1.13 bits per heavy atom. The van der Waals surface area contributed by atoms with Crippen molar-refractivity contribution < 1.29 is 19.1 Å². The van der Waals surface area contributed by atoms with E-state index in [1.54, 1.807) is 29.2 Å². The largest absolute Gasteiger partial charge is 0.360 e.